The number of nitrogens with zero attached hydrogens (tertiary/aromatic N) is 5. The second kappa shape index (κ2) is 7.53. The molecule has 1 aliphatic heterocycles. The van der Waals surface area contributed by atoms with Gasteiger partial charge < -0.3 is 14.4 Å². The van der Waals surface area contributed by atoms with Crippen molar-refractivity contribution in [3.63, 3.8) is 0 Å². The van der Waals surface area contributed by atoms with Crippen LogP contribution in [0.5, 0.6) is 11.8 Å². The third-order valence-electron chi connectivity index (χ3n) is 4.42. The smallest absolute Gasteiger partial charge is 0.274 e. The van der Waals surface area contributed by atoms with Gasteiger partial charge in [0.05, 0.1) is 43.3 Å². The lowest BCUT2D eigenvalue weighted by Gasteiger charge is -2.32. The van der Waals surface area contributed by atoms with E-state index in [-0.39, 0.29) is 12.0 Å². The van der Waals surface area contributed by atoms with E-state index in [2.05, 4.69) is 19.9 Å². The summed E-state index contributed by atoms with van der Waals surface area (Å²) in [6, 6.07) is 7.50. The highest BCUT2D eigenvalue weighted by atomic mass is 16.5. The van der Waals surface area contributed by atoms with Crippen molar-refractivity contribution in [2.45, 2.75) is 18.9 Å². The van der Waals surface area contributed by atoms with Crippen molar-refractivity contribution in [3.05, 3.63) is 48.5 Å². The summed E-state index contributed by atoms with van der Waals surface area (Å²) in [5.74, 6) is 0.639. The topological polar surface area (TPSA) is 90.3 Å². The van der Waals surface area contributed by atoms with Crippen LogP contribution < -0.4 is 9.47 Å². The maximum atomic E-state index is 12.9. The molecule has 0 saturated carbocycles. The van der Waals surface area contributed by atoms with Gasteiger partial charge in [0, 0.05) is 6.54 Å². The van der Waals surface area contributed by atoms with Crippen molar-refractivity contribution in [1.82, 2.24) is 24.8 Å². The number of piperidine rings is 1. The Balaban J connectivity index is 1.47. The summed E-state index contributed by atoms with van der Waals surface area (Å²) in [5, 5.41) is 0. The molecular weight excluding hydrogens is 346 g/mol. The molecule has 4 rings (SSSR count). The number of rotatable bonds is 4. The number of benzene rings is 1. The molecule has 0 aliphatic carbocycles. The summed E-state index contributed by atoms with van der Waals surface area (Å²) in [5.41, 5.74) is 1.82. The van der Waals surface area contributed by atoms with Crippen LogP contribution in [0.3, 0.4) is 0 Å². The zero-order valence-electron chi connectivity index (χ0n) is 14.9. The van der Waals surface area contributed by atoms with Gasteiger partial charge in [-0.25, -0.2) is 4.98 Å². The van der Waals surface area contributed by atoms with Gasteiger partial charge in [-0.05, 0) is 25.0 Å². The summed E-state index contributed by atoms with van der Waals surface area (Å²) < 4.78 is 11.0. The van der Waals surface area contributed by atoms with Crippen molar-refractivity contribution >= 4 is 16.9 Å². The van der Waals surface area contributed by atoms with E-state index in [1.807, 2.05) is 24.3 Å². The standard InChI is InChI=1S/C19H19N5O3/c1-26-17-10-20-11-18(23-17)27-13-5-4-8-24(12-13)19(25)16-9-21-14-6-2-3-7-15(14)22-16/h2-3,6-7,9-11,13H,4-5,8,12H2,1H3. The Morgan fingerprint density at radius 2 is 1.93 bits per heavy atom. The molecule has 0 spiro atoms. The summed E-state index contributed by atoms with van der Waals surface area (Å²) >= 11 is 0. The molecular formula is C19H19N5O3. The molecule has 0 N–H and O–H groups in total. The molecule has 1 unspecified atom stereocenters. The highest BCUT2D eigenvalue weighted by molar-refractivity contribution is 5.93. The number of carbonyl (C=O) groups is 1. The third-order valence-corrected chi connectivity index (χ3v) is 4.42. The van der Waals surface area contributed by atoms with Gasteiger partial charge in [-0.3, -0.25) is 14.8 Å². The summed E-state index contributed by atoms with van der Waals surface area (Å²) in [7, 11) is 1.53. The number of hydrogen-bond donors (Lipinski definition) is 0. The molecule has 0 radical (unpaired) electrons. The Hall–Kier alpha value is -3.29. The predicted molar refractivity (Wildman–Crippen MR) is 97.7 cm³/mol. The number of ether oxygens (including phenoxy) is 2. The highest BCUT2D eigenvalue weighted by Crippen LogP contribution is 2.19. The normalized spacial score (nSPS) is 16.9. The second-order valence-corrected chi connectivity index (χ2v) is 6.28. The molecule has 8 heteroatoms. The van der Waals surface area contributed by atoms with Crippen LogP contribution in [-0.4, -0.2) is 57.0 Å². The van der Waals surface area contributed by atoms with E-state index in [0.29, 0.717) is 36.1 Å². The van der Waals surface area contributed by atoms with Gasteiger partial charge in [-0.15, -0.1) is 0 Å². The average Bonchev–Trinajstić information content (AvgIpc) is 2.73. The van der Waals surface area contributed by atoms with Crippen molar-refractivity contribution in [2.75, 3.05) is 20.2 Å². The van der Waals surface area contributed by atoms with Crippen LogP contribution in [-0.2, 0) is 0 Å². The molecule has 1 atom stereocenters. The van der Waals surface area contributed by atoms with E-state index < -0.39 is 0 Å². The SMILES string of the molecule is COc1cncc(OC2CCCN(C(=O)c3cnc4ccccc4n3)C2)n1. The lowest BCUT2D eigenvalue weighted by atomic mass is 10.1. The number of fused-ring (bicyclic) bond motifs is 1. The van der Waals surface area contributed by atoms with Crippen LogP contribution in [0.1, 0.15) is 23.3 Å². The molecule has 1 aliphatic rings. The van der Waals surface area contributed by atoms with Gasteiger partial charge in [-0.1, -0.05) is 12.1 Å². The van der Waals surface area contributed by atoms with E-state index >= 15 is 0 Å². The molecule has 0 bridgehead atoms. The minimum absolute atomic E-state index is 0.140. The van der Waals surface area contributed by atoms with Crippen LogP contribution in [0.25, 0.3) is 11.0 Å². The number of hydrogen-bond acceptors (Lipinski definition) is 7. The van der Waals surface area contributed by atoms with Crippen LogP contribution in [0, 0.1) is 0 Å². The first kappa shape index (κ1) is 17.1. The number of methoxy groups -OCH3 is 1. The number of amides is 1. The molecule has 1 amide bonds. The van der Waals surface area contributed by atoms with Crippen molar-refractivity contribution in [3.8, 4) is 11.8 Å². The van der Waals surface area contributed by atoms with Crippen LogP contribution in [0.2, 0.25) is 0 Å². The molecule has 138 valence electrons. The van der Waals surface area contributed by atoms with E-state index in [1.54, 1.807) is 4.90 Å². The van der Waals surface area contributed by atoms with Crippen LogP contribution in [0.15, 0.2) is 42.9 Å². The van der Waals surface area contributed by atoms with Gasteiger partial charge in [0.1, 0.15) is 11.8 Å². The molecule has 27 heavy (non-hydrogen) atoms. The first-order chi connectivity index (χ1) is 13.2. The van der Waals surface area contributed by atoms with E-state index in [0.717, 1.165) is 18.4 Å². The van der Waals surface area contributed by atoms with E-state index in [4.69, 9.17) is 9.47 Å². The maximum absolute atomic E-state index is 12.9. The Labute approximate surface area is 156 Å². The zero-order chi connectivity index (χ0) is 18.6. The van der Waals surface area contributed by atoms with Gasteiger partial charge in [-0.2, -0.15) is 4.98 Å². The minimum atomic E-state index is -0.155. The number of likely N-dealkylation sites (tertiary alicyclic amines) is 1. The monoisotopic (exact) mass is 365 g/mol. The zero-order valence-corrected chi connectivity index (χ0v) is 14.9. The Bertz CT molecular complexity index is 965. The maximum Gasteiger partial charge on any atom is 0.274 e. The van der Waals surface area contributed by atoms with Crippen molar-refractivity contribution in [1.29, 1.82) is 0 Å². The molecule has 8 nitrogen and oxygen atoms in total. The summed E-state index contributed by atoms with van der Waals surface area (Å²) in [4.78, 5) is 31.6. The van der Waals surface area contributed by atoms with Crippen molar-refractivity contribution < 1.29 is 14.3 Å². The Morgan fingerprint density at radius 3 is 2.78 bits per heavy atom. The fraction of sp³-hybridized carbons (Fsp3) is 0.316. The molecule has 3 aromatic rings. The minimum Gasteiger partial charge on any atom is -0.480 e. The van der Waals surface area contributed by atoms with Crippen molar-refractivity contribution in [2.24, 2.45) is 0 Å². The lowest BCUT2D eigenvalue weighted by Crippen LogP contribution is -2.44. The first-order valence-corrected chi connectivity index (χ1v) is 8.76. The molecule has 1 saturated heterocycles. The van der Waals surface area contributed by atoms with Gasteiger partial charge in [0.15, 0.2) is 0 Å². The summed E-state index contributed by atoms with van der Waals surface area (Å²) in [6.07, 6.45) is 6.11. The van der Waals surface area contributed by atoms with Gasteiger partial charge in [0.25, 0.3) is 5.91 Å². The quantitative estimate of drug-likeness (QED) is 0.699. The second-order valence-electron chi connectivity index (χ2n) is 6.28. The largest absolute Gasteiger partial charge is 0.480 e. The molecule has 1 aromatic carbocycles. The highest BCUT2D eigenvalue weighted by Gasteiger charge is 2.27. The fourth-order valence-electron chi connectivity index (χ4n) is 3.10. The lowest BCUT2D eigenvalue weighted by molar-refractivity contribution is 0.0520. The number of aromatic nitrogens is 4. The Kier molecular flexibility index (Phi) is 4.78. The predicted octanol–water partition coefficient (Wildman–Crippen LogP) is 2.11. The van der Waals surface area contributed by atoms with Gasteiger partial charge >= 0.3 is 0 Å². The van der Waals surface area contributed by atoms with E-state index in [9.17, 15) is 4.79 Å². The molecule has 1 fully saturated rings. The summed E-state index contributed by atoms with van der Waals surface area (Å²) in [6.45, 7) is 1.13. The molecule has 3 heterocycles. The Morgan fingerprint density at radius 1 is 1.11 bits per heavy atom. The van der Waals surface area contributed by atoms with Crippen LogP contribution in [0.4, 0.5) is 0 Å². The third kappa shape index (κ3) is 3.79. The molecule has 2 aromatic heterocycles. The average molecular weight is 365 g/mol. The van der Waals surface area contributed by atoms with Gasteiger partial charge in [0.2, 0.25) is 11.8 Å². The van der Waals surface area contributed by atoms with E-state index in [1.165, 1.54) is 25.7 Å². The van der Waals surface area contributed by atoms with Crippen LogP contribution >= 0.6 is 0 Å². The first-order valence-electron chi connectivity index (χ1n) is 8.76. The fourth-order valence-corrected chi connectivity index (χ4v) is 3.10. The number of carbonyl (C=O) groups excluding carboxylic acids is 1. The number of para-hydroxylation sites is 2.